The van der Waals surface area contributed by atoms with Crippen molar-refractivity contribution >= 4 is 10.8 Å². The average molecular weight is 201 g/mol. The fraction of sp³-hybridized carbons (Fsp3) is 0. The third-order valence-electron chi connectivity index (χ3n) is 3.33. The van der Waals surface area contributed by atoms with Crippen LogP contribution in [0.4, 0.5) is 0 Å². The van der Waals surface area contributed by atoms with E-state index in [1.54, 1.807) is 0 Å². The van der Waals surface area contributed by atoms with Crippen molar-refractivity contribution in [2.45, 2.75) is 0 Å². The van der Waals surface area contributed by atoms with Crippen LogP contribution in [0.5, 0.6) is 0 Å². The minimum Gasteiger partial charge on any atom is -0.0616 e. The maximum atomic E-state index is 3.31. The van der Waals surface area contributed by atoms with Crippen molar-refractivity contribution < 1.29 is 0 Å². The Hall–Kier alpha value is -2.08. The summed E-state index contributed by atoms with van der Waals surface area (Å²) in [6.07, 6.45) is 0. The van der Waals surface area contributed by atoms with Crippen molar-refractivity contribution in [3.8, 4) is 22.3 Å². The van der Waals surface area contributed by atoms with E-state index < -0.39 is 0 Å². The van der Waals surface area contributed by atoms with E-state index >= 15 is 0 Å². The SMILES string of the molecule is [c]1ccc2c3c(cccc13)-c1ccccc1-2. The second-order valence-electron chi connectivity index (χ2n) is 4.17. The van der Waals surface area contributed by atoms with E-state index in [-0.39, 0.29) is 0 Å². The van der Waals surface area contributed by atoms with Crippen molar-refractivity contribution in [2.75, 3.05) is 0 Å². The van der Waals surface area contributed by atoms with Gasteiger partial charge in [0, 0.05) is 0 Å². The summed E-state index contributed by atoms with van der Waals surface area (Å²) in [6.45, 7) is 0. The zero-order chi connectivity index (χ0) is 10.5. The minimum atomic E-state index is 1.21. The van der Waals surface area contributed by atoms with E-state index in [1.165, 1.54) is 33.0 Å². The number of benzene rings is 3. The lowest BCUT2D eigenvalue weighted by Gasteiger charge is -1.99. The third-order valence-corrected chi connectivity index (χ3v) is 3.33. The maximum Gasteiger partial charge on any atom is -0.00201 e. The standard InChI is InChI=1S/C16H9/c1-2-8-13-12(7-1)14-9-3-5-11-6-4-10-15(13)16(11)14/h1-5,7-10H. The Labute approximate surface area is 94.2 Å². The molecular formula is C16H9. The van der Waals surface area contributed by atoms with Crippen LogP contribution in [0.15, 0.2) is 54.6 Å². The number of rotatable bonds is 0. The van der Waals surface area contributed by atoms with Crippen molar-refractivity contribution in [1.29, 1.82) is 0 Å². The molecule has 3 aromatic rings. The predicted octanol–water partition coefficient (Wildman–Crippen LogP) is 4.29. The molecule has 0 saturated heterocycles. The lowest BCUT2D eigenvalue weighted by molar-refractivity contribution is 1.70. The van der Waals surface area contributed by atoms with Crippen LogP contribution in [-0.2, 0) is 0 Å². The molecule has 0 saturated carbocycles. The molecule has 1 aliphatic carbocycles. The summed E-state index contributed by atoms with van der Waals surface area (Å²) in [5.74, 6) is 0. The van der Waals surface area contributed by atoms with Gasteiger partial charge in [-0.15, -0.1) is 0 Å². The number of hydrogen-bond acceptors (Lipinski definition) is 0. The summed E-state index contributed by atoms with van der Waals surface area (Å²) in [5.41, 5.74) is 5.39. The number of hydrogen-bond donors (Lipinski definition) is 0. The van der Waals surface area contributed by atoms with Crippen LogP contribution in [-0.4, -0.2) is 0 Å². The van der Waals surface area contributed by atoms with Crippen LogP contribution in [0.1, 0.15) is 0 Å². The maximum absolute atomic E-state index is 3.31. The molecule has 0 unspecified atom stereocenters. The minimum absolute atomic E-state index is 1.21. The van der Waals surface area contributed by atoms with Gasteiger partial charge in [0.15, 0.2) is 0 Å². The third kappa shape index (κ3) is 0.849. The quantitative estimate of drug-likeness (QED) is 0.398. The van der Waals surface area contributed by atoms with Crippen LogP contribution in [0.25, 0.3) is 33.0 Å². The van der Waals surface area contributed by atoms with Gasteiger partial charge in [0.1, 0.15) is 0 Å². The first-order chi connectivity index (χ1) is 7.95. The lowest BCUT2D eigenvalue weighted by Crippen LogP contribution is -1.74. The average Bonchev–Trinajstić information content (AvgIpc) is 2.68. The van der Waals surface area contributed by atoms with E-state index in [9.17, 15) is 0 Å². The van der Waals surface area contributed by atoms with Crippen LogP contribution in [0, 0.1) is 6.07 Å². The second kappa shape index (κ2) is 2.73. The van der Waals surface area contributed by atoms with Gasteiger partial charge in [0.2, 0.25) is 0 Å². The van der Waals surface area contributed by atoms with E-state index in [0.717, 1.165) is 0 Å². The smallest absolute Gasteiger partial charge is 0.00201 e. The molecule has 0 aliphatic heterocycles. The molecule has 0 N–H and O–H groups in total. The van der Waals surface area contributed by atoms with Gasteiger partial charge in [-0.05, 0) is 39.1 Å². The Bertz CT molecular complexity index is 650. The van der Waals surface area contributed by atoms with Gasteiger partial charge in [-0.25, -0.2) is 0 Å². The Morgan fingerprint density at radius 1 is 0.625 bits per heavy atom. The molecule has 1 aliphatic rings. The lowest BCUT2D eigenvalue weighted by atomic mass is 10.0. The summed E-state index contributed by atoms with van der Waals surface area (Å²) < 4.78 is 0. The summed E-state index contributed by atoms with van der Waals surface area (Å²) in [4.78, 5) is 0. The van der Waals surface area contributed by atoms with Gasteiger partial charge in [-0.3, -0.25) is 0 Å². The van der Waals surface area contributed by atoms with E-state index in [2.05, 4.69) is 54.6 Å². The fourth-order valence-corrected chi connectivity index (χ4v) is 2.66. The molecule has 0 heterocycles. The highest BCUT2D eigenvalue weighted by Gasteiger charge is 2.19. The van der Waals surface area contributed by atoms with Crippen molar-refractivity contribution in [2.24, 2.45) is 0 Å². The van der Waals surface area contributed by atoms with Crippen LogP contribution < -0.4 is 0 Å². The molecule has 73 valence electrons. The summed E-state index contributed by atoms with van der Waals surface area (Å²) in [7, 11) is 0. The Morgan fingerprint density at radius 2 is 1.31 bits per heavy atom. The predicted molar refractivity (Wildman–Crippen MR) is 67.2 cm³/mol. The van der Waals surface area contributed by atoms with Crippen molar-refractivity contribution in [1.82, 2.24) is 0 Å². The van der Waals surface area contributed by atoms with E-state index in [0.29, 0.717) is 0 Å². The van der Waals surface area contributed by atoms with Crippen molar-refractivity contribution in [3.63, 3.8) is 0 Å². The van der Waals surface area contributed by atoms with Gasteiger partial charge in [0.05, 0.1) is 0 Å². The monoisotopic (exact) mass is 201 g/mol. The summed E-state index contributed by atoms with van der Waals surface area (Å²) in [6, 6.07) is 22.5. The molecule has 0 amide bonds. The van der Waals surface area contributed by atoms with Crippen molar-refractivity contribution in [3.05, 3.63) is 60.7 Å². The molecule has 0 nitrogen and oxygen atoms in total. The molecule has 0 aromatic heterocycles. The van der Waals surface area contributed by atoms with E-state index in [4.69, 9.17) is 0 Å². The Balaban J connectivity index is 2.31. The molecule has 0 heteroatoms. The number of fused-ring (bicyclic) bond motifs is 3. The largest absolute Gasteiger partial charge is 0.0616 e. The molecule has 16 heavy (non-hydrogen) atoms. The van der Waals surface area contributed by atoms with E-state index in [1.807, 2.05) is 6.07 Å². The Kier molecular flexibility index (Phi) is 1.39. The van der Waals surface area contributed by atoms with Gasteiger partial charge in [-0.2, -0.15) is 0 Å². The van der Waals surface area contributed by atoms with Gasteiger partial charge < -0.3 is 0 Å². The first-order valence-electron chi connectivity index (χ1n) is 5.48. The molecule has 4 rings (SSSR count). The van der Waals surface area contributed by atoms with Gasteiger partial charge >= 0.3 is 0 Å². The van der Waals surface area contributed by atoms with Crippen LogP contribution in [0.2, 0.25) is 0 Å². The summed E-state index contributed by atoms with van der Waals surface area (Å²) in [5, 5.41) is 2.57. The second-order valence-corrected chi connectivity index (χ2v) is 4.17. The molecule has 0 fully saturated rings. The summed E-state index contributed by atoms with van der Waals surface area (Å²) >= 11 is 0. The highest BCUT2D eigenvalue weighted by molar-refractivity contribution is 6.14. The van der Waals surface area contributed by atoms with Crippen LogP contribution in [0.3, 0.4) is 0 Å². The molecule has 0 atom stereocenters. The topological polar surface area (TPSA) is 0 Å². The molecule has 1 radical (unpaired) electrons. The Morgan fingerprint density at radius 3 is 2.12 bits per heavy atom. The van der Waals surface area contributed by atoms with Gasteiger partial charge in [-0.1, -0.05) is 54.6 Å². The first-order valence-corrected chi connectivity index (χ1v) is 5.48. The van der Waals surface area contributed by atoms with Crippen LogP contribution >= 0.6 is 0 Å². The normalized spacial score (nSPS) is 11.8. The van der Waals surface area contributed by atoms with Gasteiger partial charge in [0.25, 0.3) is 0 Å². The fourth-order valence-electron chi connectivity index (χ4n) is 2.66. The molecule has 0 bridgehead atoms. The zero-order valence-electron chi connectivity index (χ0n) is 8.70. The molecule has 3 aromatic carbocycles. The molecule has 0 spiro atoms. The zero-order valence-corrected chi connectivity index (χ0v) is 8.70. The first kappa shape index (κ1) is 8.12. The highest BCUT2D eigenvalue weighted by atomic mass is 14.2. The molecular weight excluding hydrogens is 192 g/mol. The highest BCUT2D eigenvalue weighted by Crippen LogP contribution is 2.46.